The smallest absolute Gasteiger partial charge is 0.265 e. The molecule has 1 N–H and O–H groups in total. The predicted molar refractivity (Wildman–Crippen MR) is 125 cm³/mol. The number of amides is 2. The molecule has 1 aliphatic heterocycles. The van der Waals surface area contributed by atoms with Crippen molar-refractivity contribution in [1.29, 1.82) is 0 Å². The quantitative estimate of drug-likeness (QED) is 0.348. The topological polar surface area (TPSA) is 54.3 Å². The Bertz CT molecular complexity index is 1070. The van der Waals surface area contributed by atoms with Crippen LogP contribution in [0.25, 0.3) is 11.8 Å². The molecule has 2 amide bonds. The van der Waals surface area contributed by atoms with Crippen molar-refractivity contribution in [3.05, 3.63) is 71.1 Å². The summed E-state index contributed by atoms with van der Waals surface area (Å²) in [6.45, 7) is 14.4. The van der Waals surface area contributed by atoms with Gasteiger partial charge in [0.25, 0.3) is 11.8 Å². The van der Waals surface area contributed by atoms with Gasteiger partial charge in [-0.05, 0) is 66.9 Å². The summed E-state index contributed by atoms with van der Waals surface area (Å²) in [6, 6.07) is 10.4. The number of hydrogen-bond donors (Lipinski definition) is 1. The van der Waals surface area contributed by atoms with E-state index in [2.05, 4.69) is 61.5 Å². The zero-order chi connectivity index (χ0) is 22.2. The molecule has 30 heavy (non-hydrogen) atoms. The number of nitrogens with one attached hydrogen (secondary N) is 1. The maximum atomic E-state index is 12.8. The molecule has 1 aromatic heterocycles. The molecule has 5 nitrogen and oxygen atoms in total. The van der Waals surface area contributed by atoms with E-state index < -0.39 is 11.8 Å². The summed E-state index contributed by atoms with van der Waals surface area (Å²) in [6.07, 6.45) is 3.21. The number of nitrogens with zero attached hydrogens (tertiary/aromatic N) is 2. The van der Waals surface area contributed by atoms with Crippen molar-refractivity contribution in [3.63, 3.8) is 0 Å². The lowest BCUT2D eigenvalue weighted by molar-refractivity contribution is -0.128. The van der Waals surface area contributed by atoms with Crippen LogP contribution in [0, 0.1) is 13.8 Å². The number of aryl methyl sites for hydroxylation is 1. The SMILES string of the molecule is C=CCN1C(=O)/C(=C\c2cc(C)n(-c3ccc(C(C)(C)C)cc3)c2C)C(=O)NC1=S. The summed E-state index contributed by atoms with van der Waals surface area (Å²) >= 11 is 5.11. The van der Waals surface area contributed by atoms with Gasteiger partial charge in [-0.25, -0.2) is 0 Å². The summed E-state index contributed by atoms with van der Waals surface area (Å²) in [5, 5.41) is 2.69. The largest absolute Gasteiger partial charge is 0.318 e. The van der Waals surface area contributed by atoms with Crippen molar-refractivity contribution in [2.75, 3.05) is 6.54 Å². The molecule has 1 aliphatic rings. The molecule has 1 aromatic carbocycles. The van der Waals surface area contributed by atoms with Crippen LogP contribution in [0.3, 0.4) is 0 Å². The van der Waals surface area contributed by atoms with E-state index in [1.165, 1.54) is 10.5 Å². The average Bonchev–Trinajstić information content (AvgIpc) is 2.95. The fourth-order valence-electron chi connectivity index (χ4n) is 3.59. The molecule has 0 radical (unpaired) electrons. The minimum absolute atomic E-state index is 0.0637. The minimum atomic E-state index is -0.482. The van der Waals surface area contributed by atoms with Gasteiger partial charge in [0, 0.05) is 23.6 Å². The highest BCUT2D eigenvalue weighted by atomic mass is 32.1. The van der Waals surface area contributed by atoms with Gasteiger partial charge < -0.3 is 4.57 Å². The highest BCUT2D eigenvalue weighted by molar-refractivity contribution is 7.80. The second-order valence-corrected chi connectivity index (χ2v) is 8.87. The van der Waals surface area contributed by atoms with Gasteiger partial charge in [0.05, 0.1) is 0 Å². The molecule has 1 saturated heterocycles. The van der Waals surface area contributed by atoms with Gasteiger partial charge in [-0.3, -0.25) is 19.8 Å². The fraction of sp³-hybridized carbons (Fsp3) is 0.292. The van der Waals surface area contributed by atoms with Crippen molar-refractivity contribution in [2.24, 2.45) is 0 Å². The van der Waals surface area contributed by atoms with Crippen LogP contribution in [0.15, 0.2) is 48.6 Å². The van der Waals surface area contributed by atoms with Crippen molar-refractivity contribution in [1.82, 2.24) is 14.8 Å². The summed E-state index contributed by atoms with van der Waals surface area (Å²) in [5.41, 5.74) is 5.24. The Hall–Kier alpha value is -2.99. The number of benzene rings is 1. The summed E-state index contributed by atoms with van der Waals surface area (Å²) in [5.74, 6) is -0.896. The molecule has 0 atom stereocenters. The highest BCUT2D eigenvalue weighted by Gasteiger charge is 2.32. The summed E-state index contributed by atoms with van der Waals surface area (Å²) in [4.78, 5) is 26.6. The van der Waals surface area contributed by atoms with Crippen LogP contribution < -0.4 is 5.32 Å². The Morgan fingerprint density at radius 2 is 1.77 bits per heavy atom. The van der Waals surface area contributed by atoms with Gasteiger partial charge in [-0.15, -0.1) is 6.58 Å². The normalized spacial score (nSPS) is 16.2. The fourth-order valence-corrected chi connectivity index (χ4v) is 3.84. The molecule has 0 saturated carbocycles. The lowest BCUT2D eigenvalue weighted by Gasteiger charge is -2.27. The molecule has 156 valence electrons. The second-order valence-electron chi connectivity index (χ2n) is 8.48. The molecule has 0 spiro atoms. The van der Waals surface area contributed by atoms with Gasteiger partial charge in [0.2, 0.25) is 0 Å². The number of carbonyl (C=O) groups excluding carboxylic acids is 2. The van der Waals surface area contributed by atoms with Crippen LogP contribution in [-0.4, -0.2) is 32.9 Å². The van der Waals surface area contributed by atoms with Gasteiger partial charge in [-0.1, -0.05) is 39.0 Å². The van der Waals surface area contributed by atoms with Crippen molar-refractivity contribution in [2.45, 2.75) is 40.0 Å². The summed E-state index contributed by atoms with van der Waals surface area (Å²) in [7, 11) is 0. The molecular formula is C24H27N3O2S. The van der Waals surface area contributed by atoms with E-state index in [1.807, 2.05) is 19.9 Å². The van der Waals surface area contributed by atoms with Crippen LogP contribution in [0.5, 0.6) is 0 Å². The number of thiocarbonyl (C=S) groups is 1. The van der Waals surface area contributed by atoms with E-state index in [4.69, 9.17) is 12.2 Å². The van der Waals surface area contributed by atoms with E-state index in [9.17, 15) is 9.59 Å². The monoisotopic (exact) mass is 421 g/mol. The van der Waals surface area contributed by atoms with Crippen molar-refractivity contribution >= 4 is 35.2 Å². The molecule has 6 heteroatoms. The third kappa shape index (κ3) is 4.00. The first-order valence-electron chi connectivity index (χ1n) is 9.84. The molecule has 0 aliphatic carbocycles. The number of carbonyl (C=O) groups is 2. The van der Waals surface area contributed by atoms with E-state index in [0.717, 1.165) is 22.6 Å². The van der Waals surface area contributed by atoms with E-state index in [0.29, 0.717) is 0 Å². The number of hydrogen-bond acceptors (Lipinski definition) is 3. The molecule has 3 rings (SSSR count). The maximum Gasteiger partial charge on any atom is 0.265 e. The zero-order valence-electron chi connectivity index (χ0n) is 18.1. The van der Waals surface area contributed by atoms with Crippen LogP contribution in [0.2, 0.25) is 0 Å². The minimum Gasteiger partial charge on any atom is -0.318 e. The van der Waals surface area contributed by atoms with E-state index in [-0.39, 0.29) is 22.6 Å². The molecule has 2 aromatic rings. The summed E-state index contributed by atoms with van der Waals surface area (Å²) < 4.78 is 2.12. The lowest BCUT2D eigenvalue weighted by Crippen LogP contribution is -2.53. The Balaban J connectivity index is 2.01. The van der Waals surface area contributed by atoms with Crippen molar-refractivity contribution in [3.8, 4) is 5.69 Å². The van der Waals surface area contributed by atoms with Gasteiger partial charge in [0.15, 0.2) is 5.11 Å². The Morgan fingerprint density at radius 3 is 2.33 bits per heavy atom. The molecule has 2 heterocycles. The molecule has 0 unspecified atom stereocenters. The Labute approximate surface area is 183 Å². The average molecular weight is 422 g/mol. The van der Waals surface area contributed by atoms with Crippen LogP contribution in [0.1, 0.15) is 43.3 Å². The lowest BCUT2D eigenvalue weighted by atomic mass is 9.87. The number of aromatic nitrogens is 1. The standard InChI is InChI=1S/C24H27N3O2S/c1-7-12-26-22(29)20(21(28)25-23(26)30)14-17-13-15(2)27(16(17)3)19-10-8-18(9-11-19)24(4,5)6/h7-11,13-14H,1,12H2,2-6H3,(H,25,28,30)/b20-14-. The predicted octanol–water partition coefficient (Wildman–Crippen LogP) is 4.20. The van der Waals surface area contributed by atoms with Crippen LogP contribution in [-0.2, 0) is 15.0 Å². The third-order valence-corrected chi connectivity index (χ3v) is 5.58. The molecule has 1 fully saturated rings. The van der Waals surface area contributed by atoms with Gasteiger partial charge >= 0.3 is 0 Å². The van der Waals surface area contributed by atoms with E-state index in [1.54, 1.807) is 12.2 Å². The number of rotatable bonds is 4. The highest BCUT2D eigenvalue weighted by Crippen LogP contribution is 2.27. The third-order valence-electron chi connectivity index (χ3n) is 5.26. The van der Waals surface area contributed by atoms with Gasteiger partial charge in [0.1, 0.15) is 5.57 Å². The molecular weight excluding hydrogens is 394 g/mol. The Kier molecular flexibility index (Phi) is 5.81. The van der Waals surface area contributed by atoms with Crippen LogP contribution >= 0.6 is 12.2 Å². The van der Waals surface area contributed by atoms with Gasteiger partial charge in [-0.2, -0.15) is 0 Å². The maximum absolute atomic E-state index is 12.8. The van der Waals surface area contributed by atoms with Crippen molar-refractivity contribution < 1.29 is 9.59 Å². The first kappa shape index (κ1) is 21.7. The van der Waals surface area contributed by atoms with E-state index >= 15 is 0 Å². The first-order chi connectivity index (χ1) is 14.0. The Morgan fingerprint density at radius 1 is 1.13 bits per heavy atom. The zero-order valence-corrected chi connectivity index (χ0v) is 18.9. The molecule has 0 bridgehead atoms. The second kappa shape index (κ2) is 8.03. The first-order valence-corrected chi connectivity index (χ1v) is 10.2. The van der Waals surface area contributed by atoms with Crippen LogP contribution in [0.4, 0.5) is 0 Å².